The normalized spacial score (nSPS) is 13.0. The number of aryl methyl sites for hydroxylation is 1. The van der Waals surface area contributed by atoms with Crippen LogP contribution < -0.4 is 5.32 Å². The number of carbonyl (C=O) groups is 1. The van der Waals surface area contributed by atoms with Crippen molar-refractivity contribution in [1.82, 2.24) is 24.5 Å². The van der Waals surface area contributed by atoms with Crippen molar-refractivity contribution in [2.45, 2.75) is 35.7 Å². The summed E-state index contributed by atoms with van der Waals surface area (Å²) in [7, 11) is -0.901. The lowest BCUT2D eigenvalue weighted by Crippen LogP contribution is -2.24. The Bertz CT molecular complexity index is 900. The molecule has 1 atom stereocenters. The number of anilines is 1. The molecule has 0 aliphatic carbocycles. The summed E-state index contributed by atoms with van der Waals surface area (Å²) in [5, 5.41) is 14.1. The quantitative estimate of drug-likeness (QED) is 0.681. The predicted molar refractivity (Wildman–Crippen MR) is 99.8 cm³/mol. The fraction of sp³-hybridized carbons (Fsp3) is 0.429. The van der Waals surface area contributed by atoms with E-state index >= 15 is 0 Å². The zero-order valence-electron chi connectivity index (χ0n) is 14.7. The third-order valence-electron chi connectivity index (χ3n) is 3.41. The minimum atomic E-state index is -3.72. The van der Waals surface area contributed by atoms with Crippen LogP contribution in [0, 0.1) is 0 Å². The Morgan fingerprint density at radius 3 is 2.73 bits per heavy atom. The molecule has 0 saturated carbocycles. The molecule has 1 N–H and O–H groups in total. The summed E-state index contributed by atoms with van der Waals surface area (Å²) in [5.41, 5.74) is 0.336. The first kappa shape index (κ1) is 20.6. The average Bonchev–Trinajstić information content (AvgIpc) is 3.03. The lowest BCUT2D eigenvalue weighted by Gasteiger charge is -2.15. The van der Waals surface area contributed by atoms with Gasteiger partial charge in [0.05, 0.1) is 10.3 Å². The molecule has 1 aromatic heterocycles. The van der Waals surface area contributed by atoms with Gasteiger partial charge in [-0.3, -0.25) is 4.79 Å². The molecule has 2 rings (SSSR count). The van der Waals surface area contributed by atoms with E-state index in [1.165, 1.54) is 38.0 Å². The Kier molecular flexibility index (Phi) is 6.61. The van der Waals surface area contributed by atoms with Crippen LogP contribution in [0.1, 0.15) is 13.8 Å². The highest BCUT2D eigenvalue weighted by Gasteiger charge is 2.23. The summed E-state index contributed by atoms with van der Waals surface area (Å²) >= 11 is 7.21. The molecule has 9 nitrogen and oxygen atoms in total. The molecule has 0 fully saturated rings. The van der Waals surface area contributed by atoms with Gasteiger partial charge in [0.2, 0.25) is 21.1 Å². The van der Waals surface area contributed by atoms with Crippen LogP contribution in [0.5, 0.6) is 0 Å². The number of hydrogen-bond acceptors (Lipinski definition) is 7. The number of rotatable bonds is 7. The van der Waals surface area contributed by atoms with Crippen LogP contribution in [0.15, 0.2) is 28.3 Å². The van der Waals surface area contributed by atoms with Crippen molar-refractivity contribution in [3.05, 3.63) is 23.2 Å². The lowest BCUT2D eigenvalue weighted by atomic mass is 10.3. The molecule has 0 spiro atoms. The maximum atomic E-state index is 12.4. The number of hydrogen-bond donors (Lipinski definition) is 1. The zero-order valence-corrected chi connectivity index (χ0v) is 17.1. The van der Waals surface area contributed by atoms with E-state index in [1.807, 2.05) is 6.92 Å². The van der Waals surface area contributed by atoms with Crippen LogP contribution in [-0.4, -0.2) is 58.2 Å². The number of amides is 1. The van der Waals surface area contributed by atoms with Gasteiger partial charge in [0.15, 0.2) is 0 Å². The smallest absolute Gasteiger partial charge is 0.244 e. The van der Waals surface area contributed by atoms with Crippen molar-refractivity contribution in [3.63, 3.8) is 0 Å². The molecule has 142 valence electrons. The monoisotopic (exact) mass is 418 g/mol. The van der Waals surface area contributed by atoms with Crippen molar-refractivity contribution in [1.29, 1.82) is 0 Å². The predicted octanol–water partition coefficient (Wildman–Crippen LogP) is 1.72. The Balaban J connectivity index is 2.16. The van der Waals surface area contributed by atoms with Crippen molar-refractivity contribution >= 4 is 45.0 Å². The second-order valence-electron chi connectivity index (χ2n) is 5.46. The van der Waals surface area contributed by atoms with E-state index in [0.29, 0.717) is 17.4 Å². The number of thioether (sulfide) groups is 1. The van der Waals surface area contributed by atoms with Gasteiger partial charge < -0.3 is 5.32 Å². The molecule has 2 aromatic rings. The summed E-state index contributed by atoms with van der Waals surface area (Å²) in [6.45, 7) is 4.19. The van der Waals surface area contributed by atoms with Gasteiger partial charge in [-0.25, -0.2) is 17.4 Å². The second kappa shape index (κ2) is 8.33. The SMILES string of the molecule is CCn1nnnc1SC(C)C(=O)Nc1ccc(Cl)c(S(=O)(=O)N(C)C)c1. The van der Waals surface area contributed by atoms with Crippen LogP contribution in [0.25, 0.3) is 0 Å². The molecule has 0 bridgehead atoms. The van der Waals surface area contributed by atoms with Gasteiger partial charge in [0, 0.05) is 26.3 Å². The van der Waals surface area contributed by atoms with E-state index in [9.17, 15) is 13.2 Å². The summed E-state index contributed by atoms with van der Waals surface area (Å²) in [5.74, 6) is -0.309. The Morgan fingerprint density at radius 1 is 1.42 bits per heavy atom. The van der Waals surface area contributed by atoms with E-state index in [0.717, 1.165) is 4.31 Å². The topological polar surface area (TPSA) is 110 Å². The summed E-state index contributed by atoms with van der Waals surface area (Å²) in [6.07, 6.45) is 0. The van der Waals surface area contributed by atoms with Gasteiger partial charge in [-0.2, -0.15) is 0 Å². The highest BCUT2D eigenvalue weighted by Crippen LogP contribution is 2.28. The molecule has 12 heteroatoms. The molecule has 26 heavy (non-hydrogen) atoms. The molecule has 0 aliphatic heterocycles. The maximum Gasteiger partial charge on any atom is 0.244 e. The van der Waals surface area contributed by atoms with Gasteiger partial charge >= 0.3 is 0 Å². The lowest BCUT2D eigenvalue weighted by molar-refractivity contribution is -0.115. The molecule has 1 amide bonds. The fourth-order valence-corrected chi connectivity index (χ4v) is 4.16. The largest absolute Gasteiger partial charge is 0.325 e. The Morgan fingerprint density at radius 2 is 2.12 bits per heavy atom. The van der Waals surface area contributed by atoms with Crippen molar-refractivity contribution < 1.29 is 13.2 Å². The number of sulfonamides is 1. The zero-order chi connectivity index (χ0) is 19.5. The number of nitrogens with one attached hydrogen (secondary N) is 1. The van der Waals surface area contributed by atoms with Crippen molar-refractivity contribution in [2.75, 3.05) is 19.4 Å². The van der Waals surface area contributed by atoms with Gasteiger partial charge in [-0.15, -0.1) is 5.10 Å². The Labute approximate surface area is 161 Å². The van der Waals surface area contributed by atoms with E-state index in [1.54, 1.807) is 17.7 Å². The average molecular weight is 419 g/mol. The number of aromatic nitrogens is 4. The number of carbonyl (C=O) groups excluding carboxylic acids is 1. The van der Waals surface area contributed by atoms with E-state index in [2.05, 4.69) is 20.8 Å². The number of halogens is 1. The third kappa shape index (κ3) is 4.53. The van der Waals surface area contributed by atoms with Crippen LogP contribution in [0.4, 0.5) is 5.69 Å². The fourth-order valence-electron chi connectivity index (χ4n) is 1.91. The van der Waals surface area contributed by atoms with Gasteiger partial charge in [-0.05, 0) is 42.5 Å². The molecular formula is C14H19ClN6O3S2. The second-order valence-corrected chi connectivity index (χ2v) is 9.29. The highest BCUT2D eigenvalue weighted by molar-refractivity contribution is 8.00. The molecule has 0 aliphatic rings. The van der Waals surface area contributed by atoms with E-state index in [-0.39, 0.29) is 15.8 Å². The van der Waals surface area contributed by atoms with E-state index < -0.39 is 15.3 Å². The first-order valence-electron chi connectivity index (χ1n) is 7.62. The summed E-state index contributed by atoms with van der Waals surface area (Å²) in [4.78, 5) is 12.3. The minimum Gasteiger partial charge on any atom is -0.325 e. The Hall–Kier alpha value is -1.69. The first-order valence-corrected chi connectivity index (χ1v) is 10.3. The van der Waals surface area contributed by atoms with Gasteiger partial charge in [0.25, 0.3) is 0 Å². The number of nitrogens with zero attached hydrogens (tertiary/aromatic N) is 5. The summed E-state index contributed by atoms with van der Waals surface area (Å²) < 4.78 is 27.3. The third-order valence-corrected chi connectivity index (χ3v) is 6.77. The van der Waals surface area contributed by atoms with E-state index in [4.69, 9.17) is 11.6 Å². The van der Waals surface area contributed by atoms with Gasteiger partial charge in [0.1, 0.15) is 4.90 Å². The molecule has 1 heterocycles. The summed E-state index contributed by atoms with van der Waals surface area (Å²) in [6, 6.07) is 4.31. The van der Waals surface area contributed by atoms with Crippen LogP contribution in [0.3, 0.4) is 0 Å². The molecule has 1 aromatic carbocycles. The van der Waals surface area contributed by atoms with Crippen LogP contribution >= 0.6 is 23.4 Å². The highest BCUT2D eigenvalue weighted by atomic mass is 35.5. The molecule has 0 saturated heterocycles. The van der Waals surface area contributed by atoms with Crippen LogP contribution in [0.2, 0.25) is 5.02 Å². The van der Waals surface area contributed by atoms with Crippen molar-refractivity contribution in [2.24, 2.45) is 0 Å². The minimum absolute atomic E-state index is 0.0720. The molecular weight excluding hydrogens is 400 g/mol. The number of tetrazole rings is 1. The first-order chi connectivity index (χ1) is 12.2. The number of benzene rings is 1. The molecule has 1 unspecified atom stereocenters. The molecule has 0 radical (unpaired) electrons. The van der Waals surface area contributed by atoms with Crippen LogP contribution in [-0.2, 0) is 21.4 Å². The maximum absolute atomic E-state index is 12.4. The van der Waals surface area contributed by atoms with Crippen molar-refractivity contribution in [3.8, 4) is 0 Å². The standard InChI is InChI=1S/C14H19ClN6O3S2/c1-5-21-14(17-18-19-21)25-9(2)13(22)16-10-6-7-11(15)12(8-10)26(23,24)20(3)4/h6-9H,5H2,1-4H3,(H,16,22). The van der Waals surface area contributed by atoms with Gasteiger partial charge in [-0.1, -0.05) is 23.4 Å².